The van der Waals surface area contributed by atoms with Gasteiger partial charge in [0.2, 0.25) is 0 Å². The molecule has 0 saturated carbocycles. The second-order valence-electron chi connectivity index (χ2n) is 4.57. The highest BCUT2D eigenvalue weighted by atomic mass is 32.1. The van der Waals surface area contributed by atoms with E-state index < -0.39 is 0 Å². The number of hydrogen-bond acceptors (Lipinski definition) is 4. The summed E-state index contributed by atoms with van der Waals surface area (Å²) in [5, 5.41) is 4.67. The molecule has 6 heteroatoms. The molecule has 0 bridgehead atoms. The monoisotopic (exact) mass is 298 g/mol. The fourth-order valence-electron chi connectivity index (χ4n) is 2.14. The summed E-state index contributed by atoms with van der Waals surface area (Å²) in [7, 11) is 1.39. The van der Waals surface area contributed by atoms with Crippen LogP contribution in [0.3, 0.4) is 0 Å². The molecular formula is C13H18N2O2S2. The molecule has 0 amide bonds. The molecule has 0 atom stereocenters. The molecule has 0 aromatic carbocycles. The van der Waals surface area contributed by atoms with E-state index in [2.05, 4.69) is 10.2 Å². The van der Waals surface area contributed by atoms with Crippen molar-refractivity contribution in [2.45, 2.75) is 26.2 Å². The van der Waals surface area contributed by atoms with Gasteiger partial charge in [0.25, 0.3) is 0 Å². The molecule has 1 aliphatic heterocycles. The van der Waals surface area contributed by atoms with E-state index in [1.165, 1.54) is 37.7 Å². The second kappa shape index (κ2) is 6.34. The molecule has 1 aliphatic rings. The van der Waals surface area contributed by atoms with Gasteiger partial charge in [-0.1, -0.05) is 0 Å². The normalized spacial score (nSPS) is 15.2. The number of methoxy groups -OCH3 is 1. The highest BCUT2D eigenvalue weighted by Gasteiger charge is 2.19. The second-order valence-corrected chi connectivity index (χ2v) is 6.21. The topological polar surface area (TPSA) is 41.6 Å². The van der Waals surface area contributed by atoms with E-state index in [1.54, 1.807) is 0 Å². The van der Waals surface area contributed by atoms with Gasteiger partial charge in [0.15, 0.2) is 5.11 Å². The Hall–Kier alpha value is -1.14. The first-order valence-corrected chi connectivity index (χ1v) is 7.59. The van der Waals surface area contributed by atoms with Gasteiger partial charge in [-0.3, -0.25) is 0 Å². The van der Waals surface area contributed by atoms with Crippen LogP contribution in [0.25, 0.3) is 0 Å². The number of nitrogens with zero attached hydrogens (tertiary/aromatic N) is 1. The van der Waals surface area contributed by atoms with Crippen LogP contribution in [0.2, 0.25) is 0 Å². The first-order chi connectivity index (χ1) is 9.11. The molecule has 19 heavy (non-hydrogen) atoms. The maximum Gasteiger partial charge on any atom is 0.340 e. The SMILES string of the molecule is COC(=O)c1cc(C)sc1NC(=S)N1CCCCC1. The number of esters is 1. The Balaban J connectivity index is 2.09. The zero-order valence-corrected chi connectivity index (χ0v) is 12.8. The van der Waals surface area contributed by atoms with Crippen molar-refractivity contribution >= 4 is 39.6 Å². The van der Waals surface area contributed by atoms with Crippen LogP contribution < -0.4 is 5.32 Å². The zero-order valence-electron chi connectivity index (χ0n) is 11.2. The predicted octanol–water partition coefficient (Wildman–Crippen LogP) is 3.03. The van der Waals surface area contributed by atoms with E-state index >= 15 is 0 Å². The van der Waals surface area contributed by atoms with E-state index in [0.717, 1.165) is 23.0 Å². The van der Waals surface area contributed by atoms with Gasteiger partial charge in [0, 0.05) is 18.0 Å². The average molecular weight is 298 g/mol. The first-order valence-electron chi connectivity index (χ1n) is 6.36. The molecule has 1 saturated heterocycles. The number of anilines is 1. The number of carbonyl (C=O) groups is 1. The fourth-order valence-corrected chi connectivity index (χ4v) is 3.39. The van der Waals surface area contributed by atoms with Gasteiger partial charge in [-0.05, 0) is 44.5 Å². The number of rotatable bonds is 2. The van der Waals surface area contributed by atoms with Gasteiger partial charge in [-0.15, -0.1) is 11.3 Å². The van der Waals surface area contributed by atoms with Crippen LogP contribution in [-0.4, -0.2) is 36.2 Å². The molecule has 1 aromatic heterocycles. The molecule has 104 valence electrons. The number of carbonyl (C=O) groups excluding carboxylic acids is 1. The van der Waals surface area contributed by atoms with E-state index in [9.17, 15) is 4.79 Å². The molecule has 1 aromatic rings. The minimum Gasteiger partial charge on any atom is -0.465 e. The van der Waals surface area contributed by atoms with Crippen molar-refractivity contribution in [1.29, 1.82) is 0 Å². The first kappa shape index (κ1) is 14.3. The number of thiophene rings is 1. The smallest absolute Gasteiger partial charge is 0.340 e. The average Bonchev–Trinajstić information content (AvgIpc) is 2.79. The molecule has 2 heterocycles. The van der Waals surface area contributed by atoms with Gasteiger partial charge in [0.05, 0.1) is 12.7 Å². The van der Waals surface area contributed by atoms with Gasteiger partial charge in [-0.25, -0.2) is 4.79 Å². The Morgan fingerprint density at radius 1 is 1.42 bits per heavy atom. The maximum absolute atomic E-state index is 11.7. The van der Waals surface area contributed by atoms with Crippen LogP contribution in [0.4, 0.5) is 5.00 Å². The van der Waals surface area contributed by atoms with Crippen LogP contribution in [0.5, 0.6) is 0 Å². The molecule has 1 N–H and O–H groups in total. The Labute approximate surface area is 122 Å². The Bertz CT molecular complexity index is 479. The van der Waals surface area contributed by atoms with Gasteiger partial charge in [-0.2, -0.15) is 0 Å². The molecule has 0 spiro atoms. The van der Waals surface area contributed by atoms with E-state index in [0.29, 0.717) is 10.7 Å². The quantitative estimate of drug-likeness (QED) is 0.671. The zero-order chi connectivity index (χ0) is 13.8. The van der Waals surface area contributed by atoms with E-state index in [4.69, 9.17) is 17.0 Å². The van der Waals surface area contributed by atoms with Crippen molar-refractivity contribution in [2.24, 2.45) is 0 Å². The third kappa shape index (κ3) is 3.45. The molecule has 1 fully saturated rings. The summed E-state index contributed by atoms with van der Waals surface area (Å²) in [5.74, 6) is -0.326. The lowest BCUT2D eigenvalue weighted by atomic mass is 10.1. The molecule has 0 radical (unpaired) electrons. The fraction of sp³-hybridized carbons (Fsp3) is 0.538. The number of likely N-dealkylation sites (tertiary alicyclic amines) is 1. The van der Waals surface area contributed by atoms with Crippen LogP contribution in [-0.2, 0) is 4.74 Å². The Kier molecular flexibility index (Phi) is 4.76. The molecular weight excluding hydrogens is 280 g/mol. The molecule has 4 nitrogen and oxygen atoms in total. The van der Waals surface area contributed by atoms with E-state index in [1.807, 2.05) is 13.0 Å². The minimum atomic E-state index is -0.326. The number of nitrogens with one attached hydrogen (secondary N) is 1. The van der Waals surface area contributed by atoms with Crippen molar-refractivity contribution in [3.63, 3.8) is 0 Å². The van der Waals surface area contributed by atoms with Crippen LogP contribution >= 0.6 is 23.6 Å². The summed E-state index contributed by atoms with van der Waals surface area (Å²) in [4.78, 5) is 14.9. The third-order valence-corrected chi connectivity index (χ3v) is 4.45. The highest BCUT2D eigenvalue weighted by molar-refractivity contribution is 7.80. The lowest BCUT2D eigenvalue weighted by Crippen LogP contribution is -2.38. The van der Waals surface area contributed by atoms with Crippen molar-refractivity contribution in [2.75, 3.05) is 25.5 Å². The summed E-state index contributed by atoms with van der Waals surface area (Å²) >= 11 is 6.94. The molecule has 0 unspecified atom stereocenters. The van der Waals surface area contributed by atoms with Gasteiger partial charge < -0.3 is 15.0 Å². The third-order valence-electron chi connectivity index (χ3n) is 3.12. The summed E-state index contributed by atoms with van der Waals surface area (Å²) < 4.78 is 4.79. The van der Waals surface area contributed by atoms with Crippen molar-refractivity contribution in [3.8, 4) is 0 Å². The summed E-state index contributed by atoms with van der Waals surface area (Å²) in [6.45, 7) is 3.94. The Morgan fingerprint density at radius 2 is 2.11 bits per heavy atom. The van der Waals surface area contributed by atoms with Gasteiger partial charge >= 0.3 is 5.97 Å². The number of thiocarbonyl (C=S) groups is 1. The van der Waals surface area contributed by atoms with Crippen molar-refractivity contribution in [3.05, 3.63) is 16.5 Å². The minimum absolute atomic E-state index is 0.326. The molecule has 2 rings (SSSR count). The molecule has 0 aliphatic carbocycles. The number of ether oxygens (including phenoxy) is 1. The van der Waals surface area contributed by atoms with Crippen LogP contribution in [0, 0.1) is 6.92 Å². The van der Waals surface area contributed by atoms with Crippen molar-refractivity contribution in [1.82, 2.24) is 4.90 Å². The van der Waals surface area contributed by atoms with Crippen molar-refractivity contribution < 1.29 is 9.53 Å². The summed E-state index contributed by atoms with van der Waals surface area (Å²) in [6, 6.07) is 1.83. The predicted molar refractivity (Wildman–Crippen MR) is 82.0 cm³/mol. The lowest BCUT2D eigenvalue weighted by Gasteiger charge is -2.29. The lowest BCUT2D eigenvalue weighted by molar-refractivity contribution is 0.0602. The highest BCUT2D eigenvalue weighted by Crippen LogP contribution is 2.28. The van der Waals surface area contributed by atoms with Crippen LogP contribution in [0.1, 0.15) is 34.5 Å². The maximum atomic E-state index is 11.7. The van der Waals surface area contributed by atoms with Gasteiger partial charge in [0.1, 0.15) is 5.00 Å². The number of piperidine rings is 1. The number of hydrogen-bond donors (Lipinski definition) is 1. The number of aryl methyl sites for hydroxylation is 1. The summed E-state index contributed by atoms with van der Waals surface area (Å²) in [5.41, 5.74) is 0.560. The standard InChI is InChI=1S/C13H18N2O2S2/c1-9-8-10(12(16)17-2)11(19-9)14-13(18)15-6-4-3-5-7-15/h8H,3-7H2,1-2H3,(H,14,18). The summed E-state index contributed by atoms with van der Waals surface area (Å²) in [6.07, 6.45) is 3.62. The van der Waals surface area contributed by atoms with E-state index in [-0.39, 0.29) is 5.97 Å². The largest absolute Gasteiger partial charge is 0.465 e. The van der Waals surface area contributed by atoms with Crippen LogP contribution in [0.15, 0.2) is 6.07 Å². The Morgan fingerprint density at radius 3 is 2.74 bits per heavy atom.